The van der Waals surface area contributed by atoms with Crippen molar-refractivity contribution < 1.29 is 4.52 Å². The van der Waals surface area contributed by atoms with E-state index in [9.17, 15) is 0 Å². The van der Waals surface area contributed by atoms with E-state index >= 15 is 0 Å². The summed E-state index contributed by atoms with van der Waals surface area (Å²) in [6.45, 7) is 1.03. The molecule has 1 fully saturated rings. The fourth-order valence-electron chi connectivity index (χ4n) is 2.51. The molecular weight excluding hydrogens is 274 g/mol. The quantitative estimate of drug-likeness (QED) is 0.940. The standard InChI is InChI=1S/C15H18ClN3O/c16-12-7-5-11(6-8-12)10-14-18-15(20-19-14)13-4-2-1-3-9-17-13/h5-8,13,17H,1-4,9-10H2. The summed E-state index contributed by atoms with van der Waals surface area (Å²) in [5.41, 5.74) is 1.13. The molecule has 1 aliphatic heterocycles. The van der Waals surface area contributed by atoms with Crippen LogP contribution in [0.4, 0.5) is 0 Å². The molecule has 1 N–H and O–H groups in total. The fraction of sp³-hybridized carbons (Fsp3) is 0.467. The third-order valence-electron chi connectivity index (χ3n) is 3.62. The summed E-state index contributed by atoms with van der Waals surface area (Å²) >= 11 is 5.88. The number of hydrogen-bond acceptors (Lipinski definition) is 4. The SMILES string of the molecule is Clc1ccc(Cc2noc(C3CCCCCN3)n2)cc1. The zero-order valence-electron chi connectivity index (χ0n) is 11.3. The Hall–Kier alpha value is -1.39. The average molecular weight is 292 g/mol. The van der Waals surface area contributed by atoms with Crippen molar-refractivity contribution in [2.75, 3.05) is 6.54 Å². The molecule has 1 unspecified atom stereocenters. The Morgan fingerprint density at radius 2 is 2.05 bits per heavy atom. The van der Waals surface area contributed by atoms with Gasteiger partial charge in [-0.15, -0.1) is 0 Å². The second-order valence-electron chi connectivity index (χ2n) is 5.21. The second kappa shape index (κ2) is 6.37. The molecule has 4 nitrogen and oxygen atoms in total. The van der Waals surface area contributed by atoms with E-state index in [-0.39, 0.29) is 6.04 Å². The lowest BCUT2D eigenvalue weighted by molar-refractivity contribution is 0.325. The van der Waals surface area contributed by atoms with Gasteiger partial charge >= 0.3 is 0 Å². The number of rotatable bonds is 3. The summed E-state index contributed by atoms with van der Waals surface area (Å²) in [6, 6.07) is 7.95. The third-order valence-corrected chi connectivity index (χ3v) is 3.87. The van der Waals surface area contributed by atoms with Gasteiger partial charge in [0.2, 0.25) is 5.89 Å². The highest BCUT2D eigenvalue weighted by molar-refractivity contribution is 6.30. The van der Waals surface area contributed by atoms with Crippen LogP contribution in [-0.2, 0) is 6.42 Å². The van der Waals surface area contributed by atoms with Crippen molar-refractivity contribution in [3.05, 3.63) is 46.6 Å². The maximum atomic E-state index is 5.88. The molecule has 2 heterocycles. The smallest absolute Gasteiger partial charge is 0.243 e. The van der Waals surface area contributed by atoms with Gasteiger partial charge in [0.1, 0.15) is 0 Å². The Balaban J connectivity index is 1.68. The first kappa shape index (κ1) is 13.6. The van der Waals surface area contributed by atoms with Crippen LogP contribution in [-0.4, -0.2) is 16.7 Å². The number of aromatic nitrogens is 2. The van der Waals surface area contributed by atoms with Gasteiger partial charge < -0.3 is 9.84 Å². The van der Waals surface area contributed by atoms with E-state index in [0.717, 1.165) is 35.3 Å². The van der Waals surface area contributed by atoms with Crippen LogP contribution < -0.4 is 5.32 Å². The molecule has 0 saturated carbocycles. The zero-order valence-corrected chi connectivity index (χ0v) is 12.1. The zero-order chi connectivity index (χ0) is 13.8. The van der Waals surface area contributed by atoms with Gasteiger partial charge in [-0.2, -0.15) is 4.98 Å². The lowest BCUT2D eigenvalue weighted by atomic mass is 10.1. The fourth-order valence-corrected chi connectivity index (χ4v) is 2.63. The van der Waals surface area contributed by atoms with Gasteiger partial charge in [-0.1, -0.05) is 41.7 Å². The van der Waals surface area contributed by atoms with Crippen LogP contribution in [0.3, 0.4) is 0 Å². The number of halogens is 1. The number of hydrogen-bond donors (Lipinski definition) is 1. The van der Waals surface area contributed by atoms with E-state index < -0.39 is 0 Å². The van der Waals surface area contributed by atoms with Gasteiger partial charge in [-0.3, -0.25) is 0 Å². The van der Waals surface area contributed by atoms with E-state index in [4.69, 9.17) is 16.1 Å². The van der Waals surface area contributed by atoms with Crippen molar-refractivity contribution in [3.63, 3.8) is 0 Å². The minimum Gasteiger partial charge on any atom is -0.338 e. The molecule has 1 aliphatic rings. The van der Waals surface area contributed by atoms with Crippen LogP contribution >= 0.6 is 11.6 Å². The number of nitrogens with one attached hydrogen (secondary N) is 1. The highest BCUT2D eigenvalue weighted by Crippen LogP contribution is 2.21. The third kappa shape index (κ3) is 3.38. The Kier molecular flexibility index (Phi) is 4.33. The minimum absolute atomic E-state index is 0.212. The minimum atomic E-state index is 0.212. The molecule has 2 aromatic rings. The Morgan fingerprint density at radius 3 is 2.90 bits per heavy atom. The molecule has 1 saturated heterocycles. The summed E-state index contributed by atoms with van der Waals surface area (Å²) < 4.78 is 5.41. The first-order valence-electron chi connectivity index (χ1n) is 7.11. The van der Waals surface area contributed by atoms with Crippen LogP contribution in [0, 0.1) is 0 Å². The van der Waals surface area contributed by atoms with Crippen molar-refractivity contribution in [3.8, 4) is 0 Å². The highest BCUT2D eigenvalue weighted by atomic mass is 35.5. The van der Waals surface area contributed by atoms with Crippen LogP contribution in [0.15, 0.2) is 28.8 Å². The lowest BCUT2D eigenvalue weighted by Crippen LogP contribution is -2.20. The van der Waals surface area contributed by atoms with Crippen LogP contribution in [0.1, 0.15) is 49.0 Å². The molecule has 0 spiro atoms. The maximum absolute atomic E-state index is 5.88. The largest absolute Gasteiger partial charge is 0.338 e. The number of benzene rings is 1. The van der Waals surface area contributed by atoms with E-state index in [1.807, 2.05) is 24.3 Å². The summed E-state index contributed by atoms with van der Waals surface area (Å²) in [5.74, 6) is 1.45. The van der Waals surface area contributed by atoms with E-state index in [2.05, 4.69) is 15.5 Å². The van der Waals surface area contributed by atoms with Crippen molar-refractivity contribution in [1.29, 1.82) is 0 Å². The van der Waals surface area contributed by atoms with Gasteiger partial charge in [0.15, 0.2) is 5.82 Å². The van der Waals surface area contributed by atoms with Gasteiger partial charge in [-0.05, 0) is 37.1 Å². The first-order valence-corrected chi connectivity index (χ1v) is 7.49. The van der Waals surface area contributed by atoms with Crippen LogP contribution in [0.5, 0.6) is 0 Å². The van der Waals surface area contributed by atoms with Gasteiger partial charge in [-0.25, -0.2) is 0 Å². The van der Waals surface area contributed by atoms with Gasteiger partial charge in [0.25, 0.3) is 0 Å². The molecule has 0 bridgehead atoms. The topological polar surface area (TPSA) is 51.0 Å². The van der Waals surface area contributed by atoms with Crippen molar-refractivity contribution in [1.82, 2.24) is 15.5 Å². The van der Waals surface area contributed by atoms with Crippen molar-refractivity contribution in [2.24, 2.45) is 0 Å². The molecule has 1 aromatic carbocycles. The van der Waals surface area contributed by atoms with E-state index in [1.54, 1.807) is 0 Å². The van der Waals surface area contributed by atoms with E-state index in [0.29, 0.717) is 6.42 Å². The van der Waals surface area contributed by atoms with Crippen molar-refractivity contribution in [2.45, 2.75) is 38.1 Å². The Labute approximate surface area is 123 Å². The summed E-state index contributed by atoms with van der Waals surface area (Å²) in [7, 11) is 0. The monoisotopic (exact) mass is 291 g/mol. The van der Waals surface area contributed by atoms with Gasteiger partial charge in [0, 0.05) is 11.4 Å². The predicted molar refractivity (Wildman–Crippen MR) is 77.8 cm³/mol. The van der Waals surface area contributed by atoms with E-state index in [1.165, 1.54) is 19.3 Å². The molecule has 5 heteroatoms. The maximum Gasteiger partial charge on any atom is 0.243 e. The highest BCUT2D eigenvalue weighted by Gasteiger charge is 2.19. The second-order valence-corrected chi connectivity index (χ2v) is 5.64. The summed E-state index contributed by atoms with van der Waals surface area (Å²) in [6.07, 6.45) is 5.46. The first-order chi connectivity index (χ1) is 9.81. The van der Waals surface area contributed by atoms with Crippen molar-refractivity contribution >= 4 is 11.6 Å². The number of nitrogens with zero attached hydrogens (tertiary/aromatic N) is 2. The average Bonchev–Trinajstić information content (AvgIpc) is 2.74. The van der Waals surface area contributed by atoms with Gasteiger partial charge in [0.05, 0.1) is 6.04 Å². The normalized spacial score (nSPS) is 19.8. The Morgan fingerprint density at radius 1 is 1.20 bits per heavy atom. The molecular formula is C15H18ClN3O. The molecule has 0 aliphatic carbocycles. The molecule has 3 rings (SSSR count). The lowest BCUT2D eigenvalue weighted by Gasteiger charge is -2.09. The molecule has 106 valence electrons. The molecule has 0 radical (unpaired) electrons. The molecule has 1 aromatic heterocycles. The van der Waals surface area contributed by atoms with Crippen LogP contribution in [0.25, 0.3) is 0 Å². The molecule has 20 heavy (non-hydrogen) atoms. The summed E-state index contributed by atoms with van der Waals surface area (Å²) in [5, 5.41) is 8.29. The molecule has 0 amide bonds. The summed E-state index contributed by atoms with van der Waals surface area (Å²) in [4.78, 5) is 4.52. The van der Waals surface area contributed by atoms with Crippen LogP contribution in [0.2, 0.25) is 5.02 Å². The molecule has 1 atom stereocenters. The Bertz CT molecular complexity index is 545. The predicted octanol–water partition coefficient (Wildman–Crippen LogP) is 3.52.